The van der Waals surface area contributed by atoms with Gasteiger partial charge in [0.1, 0.15) is 0 Å². The van der Waals surface area contributed by atoms with E-state index in [1.807, 2.05) is 12.1 Å². The number of rotatable bonds is 3. The van der Waals surface area contributed by atoms with Crippen LogP contribution in [-0.2, 0) is 0 Å². The molecule has 0 N–H and O–H groups in total. The van der Waals surface area contributed by atoms with Gasteiger partial charge in [-0.3, -0.25) is 0 Å². The summed E-state index contributed by atoms with van der Waals surface area (Å²) in [6.07, 6.45) is 0.974. The molecule has 0 fully saturated rings. The first-order chi connectivity index (χ1) is 6.81. The molecular weight excluding hydrogens is 248 g/mol. The molecule has 0 saturated carbocycles. The fourth-order valence-electron chi connectivity index (χ4n) is 1.27. The van der Waals surface area contributed by atoms with Gasteiger partial charge in [-0.15, -0.1) is 0 Å². The molecule has 0 atom stereocenters. The fourth-order valence-corrected chi connectivity index (χ4v) is 1.68. The molecule has 0 saturated heterocycles. The van der Waals surface area contributed by atoms with Crippen molar-refractivity contribution >= 4 is 15.9 Å². The molecule has 1 aliphatic rings. The van der Waals surface area contributed by atoms with Crippen molar-refractivity contribution in [3.63, 3.8) is 0 Å². The Morgan fingerprint density at radius 3 is 3.07 bits per heavy atom. The van der Waals surface area contributed by atoms with Crippen molar-refractivity contribution in [3.8, 4) is 17.2 Å². The van der Waals surface area contributed by atoms with Crippen LogP contribution < -0.4 is 14.2 Å². The highest BCUT2D eigenvalue weighted by atomic mass is 79.9. The number of hydrogen-bond donors (Lipinski definition) is 0. The van der Waals surface area contributed by atoms with E-state index < -0.39 is 0 Å². The monoisotopic (exact) mass is 258 g/mol. The summed E-state index contributed by atoms with van der Waals surface area (Å²) in [6.45, 7) is 3.02. The van der Waals surface area contributed by atoms with E-state index in [2.05, 4.69) is 22.9 Å². The summed E-state index contributed by atoms with van der Waals surface area (Å²) in [5.41, 5.74) is 0. The van der Waals surface area contributed by atoms with E-state index >= 15 is 0 Å². The third-order valence-electron chi connectivity index (χ3n) is 1.86. The zero-order valence-electron chi connectivity index (χ0n) is 7.88. The molecule has 0 unspecified atom stereocenters. The lowest BCUT2D eigenvalue weighted by Gasteiger charge is -2.07. The largest absolute Gasteiger partial charge is 0.490 e. The van der Waals surface area contributed by atoms with Crippen molar-refractivity contribution in [2.75, 3.05) is 13.4 Å². The Balaban J connectivity index is 2.29. The standard InChI is InChI=1S/C10H11BrO3/c1-2-3-12-8-4-7(11)5-9-10(8)14-6-13-9/h4-5H,2-3,6H2,1H3. The summed E-state index contributed by atoms with van der Waals surface area (Å²) < 4.78 is 17.1. The van der Waals surface area contributed by atoms with Gasteiger partial charge in [-0.05, 0) is 18.6 Å². The Bertz CT molecular complexity index is 338. The molecule has 2 rings (SSSR count). The van der Waals surface area contributed by atoms with Crippen LogP contribution in [0.1, 0.15) is 13.3 Å². The Morgan fingerprint density at radius 1 is 1.43 bits per heavy atom. The van der Waals surface area contributed by atoms with Gasteiger partial charge in [0.2, 0.25) is 12.5 Å². The van der Waals surface area contributed by atoms with Crippen LogP contribution >= 0.6 is 15.9 Å². The van der Waals surface area contributed by atoms with Crippen molar-refractivity contribution < 1.29 is 14.2 Å². The Labute approximate surface area is 91.1 Å². The minimum atomic E-state index is 0.272. The summed E-state index contributed by atoms with van der Waals surface area (Å²) in [7, 11) is 0. The minimum absolute atomic E-state index is 0.272. The Hall–Kier alpha value is -0.900. The molecule has 1 aliphatic heterocycles. The number of ether oxygens (including phenoxy) is 3. The van der Waals surface area contributed by atoms with E-state index in [0.29, 0.717) is 12.4 Å². The molecule has 0 radical (unpaired) electrons. The molecular formula is C10H11BrO3. The zero-order valence-corrected chi connectivity index (χ0v) is 9.46. The van der Waals surface area contributed by atoms with E-state index in [1.54, 1.807) is 0 Å². The first-order valence-electron chi connectivity index (χ1n) is 4.53. The SMILES string of the molecule is CCCOc1cc(Br)cc2c1OCO2. The molecule has 0 bridgehead atoms. The molecule has 3 nitrogen and oxygen atoms in total. The lowest BCUT2D eigenvalue weighted by Crippen LogP contribution is -1.97. The molecule has 4 heteroatoms. The average Bonchev–Trinajstić information content (AvgIpc) is 2.61. The van der Waals surface area contributed by atoms with Crippen LogP contribution in [0.15, 0.2) is 16.6 Å². The van der Waals surface area contributed by atoms with Crippen molar-refractivity contribution in [2.45, 2.75) is 13.3 Å². The predicted octanol–water partition coefficient (Wildman–Crippen LogP) is 2.97. The van der Waals surface area contributed by atoms with Crippen molar-refractivity contribution in [1.29, 1.82) is 0 Å². The van der Waals surface area contributed by atoms with Gasteiger partial charge < -0.3 is 14.2 Å². The zero-order chi connectivity index (χ0) is 9.97. The van der Waals surface area contributed by atoms with Gasteiger partial charge in [-0.2, -0.15) is 0 Å². The number of benzene rings is 1. The summed E-state index contributed by atoms with van der Waals surface area (Å²) in [5.74, 6) is 2.20. The van der Waals surface area contributed by atoms with Crippen LogP contribution in [0, 0.1) is 0 Å². The maximum Gasteiger partial charge on any atom is 0.231 e. The van der Waals surface area contributed by atoms with Crippen LogP contribution in [0.5, 0.6) is 17.2 Å². The van der Waals surface area contributed by atoms with Gasteiger partial charge in [0.15, 0.2) is 11.5 Å². The number of halogens is 1. The van der Waals surface area contributed by atoms with E-state index in [1.165, 1.54) is 0 Å². The molecule has 0 aromatic heterocycles. The van der Waals surface area contributed by atoms with Gasteiger partial charge >= 0.3 is 0 Å². The van der Waals surface area contributed by atoms with E-state index in [9.17, 15) is 0 Å². The van der Waals surface area contributed by atoms with Crippen LogP contribution in [0.4, 0.5) is 0 Å². The van der Waals surface area contributed by atoms with Crippen molar-refractivity contribution in [2.24, 2.45) is 0 Å². The van der Waals surface area contributed by atoms with E-state index in [-0.39, 0.29) is 6.79 Å². The van der Waals surface area contributed by atoms with Gasteiger partial charge in [0, 0.05) is 4.47 Å². The third kappa shape index (κ3) is 1.80. The highest BCUT2D eigenvalue weighted by Crippen LogP contribution is 2.43. The minimum Gasteiger partial charge on any atom is -0.490 e. The molecule has 0 amide bonds. The molecule has 0 aliphatic carbocycles. The normalized spacial score (nSPS) is 13.0. The molecule has 1 aromatic rings. The summed E-state index contributed by atoms with van der Waals surface area (Å²) in [4.78, 5) is 0. The quantitative estimate of drug-likeness (QED) is 0.835. The van der Waals surface area contributed by atoms with Gasteiger partial charge in [0.05, 0.1) is 6.61 Å². The third-order valence-corrected chi connectivity index (χ3v) is 2.32. The lowest BCUT2D eigenvalue weighted by atomic mass is 10.3. The van der Waals surface area contributed by atoms with Crippen molar-refractivity contribution in [1.82, 2.24) is 0 Å². The Morgan fingerprint density at radius 2 is 2.29 bits per heavy atom. The average molecular weight is 259 g/mol. The first kappa shape index (κ1) is 9.65. The number of fused-ring (bicyclic) bond motifs is 1. The molecule has 0 spiro atoms. The molecule has 1 aromatic carbocycles. The van der Waals surface area contributed by atoms with Crippen LogP contribution in [0.2, 0.25) is 0 Å². The highest BCUT2D eigenvalue weighted by Gasteiger charge is 2.19. The molecule has 76 valence electrons. The van der Waals surface area contributed by atoms with Crippen LogP contribution in [0.3, 0.4) is 0 Å². The second-order valence-corrected chi connectivity index (χ2v) is 3.90. The predicted molar refractivity (Wildman–Crippen MR) is 56.1 cm³/mol. The first-order valence-corrected chi connectivity index (χ1v) is 5.32. The fraction of sp³-hybridized carbons (Fsp3) is 0.400. The highest BCUT2D eigenvalue weighted by molar-refractivity contribution is 9.10. The van der Waals surface area contributed by atoms with Gasteiger partial charge in [-0.1, -0.05) is 22.9 Å². The molecule has 14 heavy (non-hydrogen) atoms. The van der Waals surface area contributed by atoms with Gasteiger partial charge in [0.25, 0.3) is 0 Å². The topological polar surface area (TPSA) is 27.7 Å². The van der Waals surface area contributed by atoms with E-state index in [0.717, 1.165) is 22.4 Å². The maximum absolute atomic E-state index is 5.54. The van der Waals surface area contributed by atoms with Crippen LogP contribution in [-0.4, -0.2) is 13.4 Å². The summed E-state index contributed by atoms with van der Waals surface area (Å²) >= 11 is 3.39. The second kappa shape index (κ2) is 4.09. The summed E-state index contributed by atoms with van der Waals surface area (Å²) in [6, 6.07) is 3.77. The second-order valence-electron chi connectivity index (χ2n) is 2.99. The van der Waals surface area contributed by atoms with E-state index in [4.69, 9.17) is 14.2 Å². The molecule has 1 heterocycles. The Kier molecular flexibility index (Phi) is 2.82. The van der Waals surface area contributed by atoms with Gasteiger partial charge in [-0.25, -0.2) is 0 Å². The summed E-state index contributed by atoms with van der Waals surface area (Å²) in [5, 5.41) is 0. The smallest absolute Gasteiger partial charge is 0.231 e. The van der Waals surface area contributed by atoms with Crippen molar-refractivity contribution in [3.05, 3.63) is 16.6 Å². The maximum atomic E-state index is 5.54. The number of hydrogen-bond acceptors (Lipinski definition) is 3. The van der Waals surface area contributed by atoms with Crippen LogP contribution in [0.25, 0.3) is 0 Å². The lowest BCUT2D eigenvalue weighted by molar-refractivity contribution is 0.169.